The van der Waals surface area contributed by atoms with E-state index in [1.165, 1.54) is 5.57 Å². The van der Waals surface area contributed by atoms with Crippen LogP contribution in [0.1, 0.15) is 13.8 Å². The highest BCUT2D eigenvalue weighted by Gasteiger charge is 2.27. The van der Waals surface area contributed by atoms with Crippen LogP contribution < -0.4 is 0 Å². The summed E-state index contributed by atoms with van der Waals surface area (Å²) in [7, 11) is 0. The summed E-state index contributed by atoms with van der Waals surface area (Å²) in [6, 6.07) is 0. The van der Waals surface area contributed by atoms with E-state index in [2.05, 4.69) is 15.9 Å². The van der Waals surface area contributed by atoms with Gasteiger partial charge in [0.05, 0.1) is 10.4 Å². The third-order valence-corrected chi connectivity index (χ3v) is 2.33. The molecule has 2 heteroatoms. The first-order chi connectivity index (χ1) is 4.52. The van der Waals surface area contributed by atoms with E-state index in [1.54, 1.807) is 6.08 Å². The zero-order chi connectivity index (χ0) is 7.78. The van der Waals surface area contributed by atoms with E-state index in [0.29, 0.717) is 0 Å². The van der Waals surface area contributed by atoms with Gasteiger partial charge in [0.2, 0.25) is 0 Å². The minimum absolute atomic E-state index is 0.272. The normalized spacial score (nSPS) is 39.6. The van der Waals surface area contributed by atoms with Crippen molar-refractivity contribution in [3.63, 3.8) is 0 Å². The second-order valence-electron chi connectivity index (χ2n) is 2.84. The number of halogens is 1. The number of aliphatic hydroxyl groups is 1. The highest BCUT2D eigenvalue weighted by molar-refractivity contribution is 9.10. The third kappa shape index (κ3) is 1.50. The predicted molar refractivity (Wildman–Crippen MR) is 46.2 cm³/mol. The molecular weight excluding hydrogens is 192 g/mol. The Morgan fingerprint density at radius 1 is 1.70 bits per heavy atom. The van der Waals surface area contributed by atoms with Crippen molar-refractivity contribution in [2.45, 2.75) is 24.3 Å². The van der Waals surface area contributed by atoms with Gasteiger partial charge >= 0.3 is 0 Å². The fourth-order valence-corrected chi connectivity index (χ4v) is 1.52. The average Bonchev–Trinajstić information content (AvgIpc) is 1.78. The van der Waals surface area contributed by atoms with Crippen LogP contribution in [0, 0.1) is 0 Å². The summed E-state index contributed by atoms with van der Waals surface area (Å²) >= 11 is 3.42. The van der Waals surface area contributed by atoms with Crippen molar-refractivity contribution >= 4 is 15.9 Å². The van der Waals surface area contributed by atoms with Crippen LogP contribution in [0.4, 0.5) is 0 Å². The van der Waals surface area contributed by atoms with Crippen LogP contribution in [0.5, 0.6) is 0 Å². The first-order valence-corrected chi connectivity index (χ1v) is 4.06. The Labute approximate surface area is 69.6 Å². The van der Waals surface area contributed by atoms with E-state index in [4.69, 9.17) is 0 Å². The number of allylic oxidation sites excluding steroid dienone is 2. The van der Waals surface area contributed by atoms with Crippen LogP contribution in [0.2, 0.25) is 0 Å². The van der Waals surface area contributed by atoms with E-state index in [-0.39, 0.29) is 4.32 Å². The van der Waals surface area contributed by atoms with E-state index in [0.717, 1.165) is 0 Å². The molecule has 56 valence electrons. The SMILES string of the molecule is CC1=CC(C)(Br)C(O)C=C1. The molecule has 0 fully saturated rings. The summed E-state index contributed by atoms with van der Waals surface area (Å²) in [5.74, 6) is 0. The standard InChI is InChI=1S/C8H11BrO/c1-6-3-4-7(10)8(2,9)5-6/h3-5,7,10H,1-2H3. The molecule has 1 N–H and O–H groups in total. The summed E-state index contributed by atoms with van der Waals surface area (Å²) in [6.07, 6.45) is 5.33. The Bertz CT molecular complexity index is 191. The fourth-order valence-electron chi connectivity index (χ4n) is 1.01. The number of alkyl halides is 1. The van der Waals surface area contributed by atoms with Crippen molar-refractivity contribution in [2.75, 3.05) is 0 Å². The molecule has 0 amide bonds. The largest absolute Gasteiger partial charge is 0.387 e. The van der Waals surface area contributed by atoms with Gasteiger partial charge < -0.3 is 5.11 Å². The molecule has 0 spiro atoms. The van der Waals surface area contributed by atoms with E-state index < -0.39 is 6.10 Å². The Morgan fingerprint density at radius 2 is 2.30 bits per heavy atom. The summed E-state index contributed by atoms with van der Waals surface area (Å²) in [4.78, 5) is 0. The molecule has 0 saturated carbocycles. The molecule has 0 bridgehead atoms. The van der Waals surface area contributed by atoms with Crippen molar-refractivity contribution in [3.8, 4) is 0 Å². The van der Waals surface area contributed by atoms with Gasteiger partial charge in [-0.3, -0.25) is 0 Å². The van der Waals surface area contributed by atoms with Gasteiger partial charge in [-0.25, -0.2) is 0 Å². The number of hydrogen-bond acceptors (Lipinski definition) is 1. The lowest BCUT2D eigenvalue weighted by Crippen LogP contribution is -2.31. The van der Waals surface area contributed by atoms with Crippen LogP contribution in [0.15, 0.2) is 23.8 Å². The molecule has 0 aromatic carbocycles. The van der Waals surface area contributed by atoms with Gasteiger partial charge in [-0.15, -0.1) is 0 Å². The maximum Gasteiger partial charge on any atom is 0.0909 e. The lowest BCUT2D eigenvalue weighted by Gasteiger charge is -2.26. The van der Waals surface area contributed by atoms with Gasteiger partial charge in [0.25, 0.3) is 0 Å². The number of aliphatic hydroxyl groups excluding tert-OH is 1. The minimum atomic E-state index is -0.406. The molecule has 1 aliphatic rings. The molecule has 0 aromatic heterocycles. The molecular formula is C8H11BrO. The highest BCUT2D eigenvalue weighted by Crippen LogP contribution is 2.29. The van der Waals surface area contributed by atoms with E-state index in [9.17, 15) is 5.11 Å². The molecule has 0 radical (unpaired) electrons. The molecule has 0 aromatic rings. The Balaban J connectivity index is 2.88. The Morgan fingerprint density at radius 3 is 2.70 bits per heavy atom. The topological polar surface area (TPSA) is 20.2 Å². The molecule has 0 heterocycles. The zero-order valence-electron chi connectivity index (χ0n) is 6.13. The summed E-state index contributed by atoms with van der Waals surface area (Å²) < 4.78 is -0.272. The fraction of sp³-hybridized carbons (Fsp3) is 0.500. The van der Waals surface area contributed by atoms with Crippen molar-refractivity contribution in [2.24, 2.45) is 0 Å². The Kier molecular flexibility index (Phi) is 2.02. The molecule has 0 aliphatic heterocycles. The first-order valence-electron chi connectivity index (χ1n) is 3.27. The second kappa shape index (κ2) is 2.51. The number of hydrogen-bond donors (Lipinski definition) is 1. The van der Waals surface area contributed by atoms with Gasteiger partial charge in [0.15, 0.2) is 0 Å². The lowest BCUT2D eigenvalue weighted by molar-refractivity contribution is 0.201. The van der Waals surface area contributed by atoms with E-state index in [1.807, 2.05) is 26.0 Å². The van der Waals surface area contributed by atoms with Crippen LogP contribution in [0.25, 0.3) is 0 Å². The lowest BCUT2D eigenvalue weighted by atomic mass is 9.96. The van der Waals surface area contributed by atoms with Crippen molar-refractivity contribution in [1.82, 2.24) is 0 Å². The van der Waals surface area contributed by atoms with Crippen molar-refractivity contribution < 1.29 is 5.11 Å². The summed E-state index contributed by atoms with van der Waals surface area (Å²) in [5, 5.41) is 9.38. The van der Waals surface area contributed by atoms with Gasteiger partial charge in [-0.2, -0.15) is 0 Å². The maximum absolute atomic E-state index is 9.38. The second-order valence-corrected chi connectivity index (χ2v) is 4.55. The molecule has 10 heavy (non-hydrogen) atoms. The smallest absolute Gasteiger partial charge is 0.0909 e. The molecule has 1 rings (SSSR count). The monoisotopic (exact) mass is 202 g/mol. The molecule has 1 nitrogen and oxygen atoms in total. The molecule has 2 atom stereocenters. The van der Waals surface area contributed by atoms with Crippen LogP contribution >= 0.6 is 15.9 Å². The van der Waals surface area contributed by atoms with Crippen LogP contribution in [-0.4, -0.2) is 15.5 Å². The summed E-state index contributed by atoms with van der Waals surface area (Å²) in [5.41, 5.74) is 1.18. The first kappa shape index (κ1) is 8.02. The van der Waals surface area contributed by atoms with Crippen molar-refractivity contribution in [3.05, 3.63) is 23.8 Å². The van der Waals surface area contributed by atoms with Gasteiger partial charge in [0.1, 0.15) is 0 Å². The average molecular weight is 203 g/mol. The maximum atomic E-state index is 9.38. The number of rotatable bonds is 0. The molecule has 0 saturated heterocycles. The quantitative estimate of drug-likeness (QED) is 0.597. The van der Waals surface area contributed by atoms with Crippen LogP contribution in [-0.2, 0) is 0 Å². The van der Waals surface area contributed by atoms with Gasteiger partial charge in [-0.05, 0) is 13.8 Å². The van der Waals surface area contributed by atoms with Crippen LogP contribution in [0.3, 0.4) is 0 Å². The minimum Gasteiger partial charge on any atom is -0.387 e. The van der Waals surface area contributed by atoms with Crippen molar-refractivity contribution in [1.29, 1.82) is 0 Å². The highest BCUT2D eigenvalue weighted by atomic mass is 79.9. The van der Waals surface area contributed by atoms with Gasteiger partial charge in [0, 0.05) is 0 Å². The third-order valence-electron chi connectivity index (χ3n) is 1.63. The summed E-state index contributed by atoms with van der Waals surface area (Å²) in [6.45, 7) is 3.96. The molecule has 2 unspecified atom stereocenters. The van der Waals surface area contributed by atoms with Gasteiger partial charge in [-0.1, -0.05) is 39.7 Å². The Hall–Kier alpha value is -0.0800. The van der Waals surface area contributed by atoms with E-state index >= 15 is 0 Å². The zero-order valence-corrected chi connectivity index (χ0v) is 7.72. The predicted octanol–water partition coefficient (Wildman–Crippen LogP) is 2.02. The molecule has 1 aliphatic carbocycles.